The summed E-state index contributed by atoms with van der Waals surface area (Å²) < 4.78 is 2.12. The van der Waals surface area contributed by atoms with Crippen LogP contribution in [-0.4, -0.2) is 24.6 Å². The van der Waals surface area contributed by atoms with E-state index in [4.69, 9.17) is 9.97 Å². The third-order valence-corrected chi connectivity index (χ3v) is 9.50. The van der Waals surface area contributed by atoms with Crippen molar-refractivity contribution in [2.24, 2.45) is 0 Å². The van der Waals surface area contributed by atoms with E-state index in [0.29, 0.717) is 11.4 Å². The van der Waals surface area contributed by atoms with Gasteiger partial charge in [0.1, 0.15) is 5.75 Å². The zero-order chi connectivity index (χ0) is 35.1. The summed E-state index contributed by atoms with van der Waals surface area (Å²) in [6.45, 7) is 8.34. The molecule has 248 valence electrons. The lowest BCUT2D eigenvalue weighted by Gasteiger charge is -2.21. The Balaban J connectivity index is 1.38. The molecule has 0 bridgehead atoms. The Kier molecular flexibility index (Phi) is 8.04. The number of aryl methyl sites for hydroxylation is 1. The fourth-order valence-corrected chi connectivity index (χ4v) is 6.86. The van der Waals surface area contributed by atoms with Crippen LogP contribution in [0.3, 0.4) is 0 Å². The molecule has 0 fully saturated rings. The van der Waals surface area contributed by atoms with E-state index < -0.39 is 0 Å². The Morgan fingerprint density at radius 1 is 0.569 bits per heavy atom. The highest BCUT2D eigenvalue weighted by atomic mass is 16.3. The maximum Gasteiger partial charge on any atom is 0.151 e. The van der Waals surface area contributed by atoms with Gasteiger partial charge in [-0.3, -0.25) is 14.5 Å². The summed E-state index contributed by atoms with van der Waals surface area (Å²) in [5.41, 5.74) is 13.3. The van der Waals surface area contributed by atoms with E-state index in [0.717, 1.165) is 72.5 Å². The highest BCUT2D eigenvalue weighted by molar-refractivity contribution is 5.97. The second kappa shape index (κ2) is 12.8. The van der Waals surface area contributed by atoms with E-state index >= 15 is 0 Å². The van der Waals surface area contributed by atoms with Crippen LogP contribution in [-0.2, 0) is 5.41 Å². The zero-order valence-electron chi connectivity index (χ0n) is 29.2. The van der Waals surface area contributed by atoms with Crippen LogP contribution >= 0.6 is 0 Å². The molecular weight excluding hydrogens is 625 g/mol. The van der Waals surface area contributed by atoms with Gasteiger partial charge in [0, 0.05) is 41.0 Å². The molecular formula is C46H38N4O. The van der Waals surface area contributed by atoms with Crippen LogP contribution in [0.15, 0.2) is 152 Å². The predicted octanol–water partition coefficient (Wildman–Crippen LogP) is 11.5. The predicted molar refractivity (Wildman–Crippen MR) is 209 cm³/mol. The topological polar surface area (TPSA) is 63.8 Å². The molecule has 0 radical (unpaired) electrons. The highest BCUT2D eigenvalue weighted by Crippen LogP contribution is 2.42. The van der Waals surface area contributed by atoms with E-state index in [-0.39, 0.29) is 11.2 Å². The van der Waals surface area contributed by atoms with Crippen LogP contribution in [0, 0.1) is 6.92 Å². The number of aromatic hydroxyl groups is 1. The smallest absolute Gasteiger partial charge is 0.151 e. The molecule has 0 aliphatic rings. The second-order valence-electron chi connectivity index (χ2n) is 14.0. The summed E-state index contributed by atoms with van der Waals surface area (Å²) in [6, 6.07) is 46.3. The average molecular weight is 663 g/mol. The van der Waals surface area contributed by atoms with Crippen molar-refractivity contribution >= 4 is 11.0 Å². The third kappa shape index (κ3) is 5.97. The van der Waals surface area contributed by atoms with Crippen LogP contribution in [0.25, 0.3) is 72.7 Å². The first kappa shape index (κ1) is 31.9. The molecule has 51 heavy (non-hydrogen) atoms. The molecule has 5 aromatic carbocycles. The van der Waals surface area contributed by atoms with E-state index in [1.54, 1.807) is 12.4 Å². The van der Waals surface area contributed by atoms with Crippen molar-refractivity contribution in [1.29, 1.82) is 0 Å². The van der Waals surface area contributed by atoms with E-state index in [9.17, 15) is 5.11 Å². The first-order valence-corrected chi connectivity index (χ1v) is 17.2. The Labute approximate surface area is 298 Å². The number of hydrogen-bond donors (Lipinski definition) is 1. The molecule has 0 aliphatic heterocycles. The first-order valence-electron chi connectivity index (χ1n) is 17.2. The Bertz CT molecular complexity index is 2510. The number of aromatic nitrogens is 4. The van der Waals surface area contributed by atoms with Gasteiger partial charge in [0.05, 0.1) is 22.3 Å². The number of imidazole rings is 1. The molecule has 0 atom stereocenters. The minimum absolute atomic E-state index is 0.194. The molecule has 1 N–H and O–H groups in total. The summed E-state index contributed by atoms with van der Waals surface area (Å²) >= 11 is 0. The van der Waals surface area contributed by atoms with Gasteiger partial charge in [0.15, 0.2) is 5.82 Å². The Morgan fingerprint density at radius 2 is 1.22 bits per heavy atom. The van der Waals surface area contributed by atoms with Crippen LogP contribution < -0.4 is 0 Å². The van der Waals surface area contributed by atoms with Gasteiger partial charge in [0.2, 0.25) is 0 Å². The lowest BCUT2D eigenvalue weighted by atomic mass is 9.86. The number of rotatable bonds is 6. The standard InChI is InChI=1S/C46H38N4O/c1-30-27-48-41(26-38(30)32-17-10-6-11-18-32)35-24-33(31-15-8-5-9-16-31)23-34(25-35)37-21-14-22-42-43(37)49-45(50(42)36-19-12-7-13-20-36)39-28-47-29-40(44(39)51)46(2,3)4/h5-29H,1-4H3,(H,47,51). The maximum atomic E-state index is 11.7. The lowest BCUT2D eigenvalue weighted by Crippen LogP contribution is -2.12. The molecule has 0 spiro atoms. The van der Waals surface area contributed by atoms with Crippen LogP contribution in [0.4, 0.5) is 0 Å². The van der Waals surface area contributed by atoms with Crippen molar-refractivity contribution < 1.29 is 5.11 Å². The summed E-state index contributed by atoms with van der Waals surface area (Å²) in [4.78, 5) is 14.9. The lowest BCUT2D eigenvalue weighted by molar-refractivity contribution is 0.446. The Hall–Kier alpha value is -6.33. The van der Waals surface area contributed by atoms with Crippen molar-refractivity contribution in [3.63, 3.8) is 0 Å². The molecule has 0 aliphatic carbocycles. The Morgan fingerprint density at radius 3 is 1.92 bits per heavy atom. The van der Waals surface area contributed by atoms with E-state index in [1.807, 2.05) is 36.5 Å². The number of benzene rings is 5. The second-order valence-corrected chi connectivity index (χ2v) is 14.0. The molecule has 8 rings (SSSR count). The van der Waals surface area contributed by atoms with Gasteiger partial charge in [-0.1, -0.05) is 112 Å². The molecule has 3 aromatic heterocycles. The van der Waals surface area contributed by atoms with Crippen LogP contribution in [0.2, 0.25) is 0 Å². The summed E-state index contributed by atoms with van der Waals surface area (Å²) in [5, 5.41) is 11.7. The van der Waals surface area contributed by atoms with Gasteiger partial charge in [-0.15, -0.1) is 0 Å². The summed E-state index contributed by atoms with van der Waals surface area (Å²) in [6.07, 6.45) is 5.43. The molecule has 0 saturated heterocycles. The molecule has 3 heterocycles. The van der Waals surface area contributed by atoms with Crippen molar-refractivity contribution in [3.05, 3.63) is 163 Å². The van der Waals surface area contributed by atoms with Gasteiger partial charge < -0.3 is 5.11 Å². The summed E-state index contributed by atoms with van der Waals surface area (Å²) in [7, 11) is 0. The van der Waals surface area contributed by atoms with Crippen molar-refractivity contribution in [3.8, 4) is 67.5 Å². The van der Waals surface area contributed by atoms with Crippen molar-refractivity contribution in [1.82, 2.24) is 19.5 Å². The first-order chi connectivity index (χ1) is 24.8. The average Bonchev–Trinajstić information content (AvgIpc) is 3.55. The largest absolute Gasteiger partial charge is 0.507 e. The molecule has 5 heteroatoms. The normalized spacial score (nSPS) is 11.6. The fraction of sp³-hybridized carbons (Fsp3) is 0.109. The van der Waals surface area contributed by atoms with Gasteiger partial charge in [-0.05, 0) is 88.2 Å². The van der Waals surface area contributed by atoms with Crippen LogP contribution in [0.5, 0.6) is 5.75 Å². The van der Waals surface area contributed by atoms with Gasteiger partial charge in [-0.2, -0.15) is 0 Å². The monoisotopic (exact) mass is 662 g/mol. The SMILES string of the molecule is Cc1cnc(-c2cc(-c3ccccc3)cc(-c3cccc4c3nc(-c3cncc(C(C)(C)C)c3O)n4-c3ccccc3)c2)cc1-c1ccccc1. The maximum absolute atomic E-state index is 11.7. The zero-order valence-corrected chi connectivity index (χ0v) is 29.2. The minimum Gasteiger partial charge on any atom is -0.507 e. The van der Waals surface area contributed by atoms with Gasteiger partial charge in [0.25, 0.3) is 0 Å². The number of nitrogens with zero attached hydrogens (tertiary/aromatic N) is 4. The quantitative estimate of drug-likeness (QED) is 0.192. The highest BCUT2D eigenvalue weighted by Gasteiger charge is 2.25. The summed E-state index contributed by atoms with van der Waals surface area (Å²) in [5.74, 6) is 0.825. The minimum atomic E-state index is -0.305. The molecule has 0 unspecified atom stereocenters. The van der Waals surface area contributed by atoms with Gasteiger partial charge >= 0.3 is 0 Å². The third-order valence-electron chi connectivity index (χ3n) is 9.50. The van der Waals surface area contributed by atoms with Gasteiger partial charge in [-0.25, -0.2) is 4.98 Å². The number of hydrogen-bond acceptors (Lipinski definition) is 4. The molecule has 0 amide bonds. The molecule has 8 aromatic rings. The van der Waals surface area contributed by atoms with Crippen LogP contribution in [0.1, 0.15) is 31.9 Å². The number of fused-ring (bicyclic) bond motifs is 1. The van der Waals surface area contributed by atoms with E-state index in [2.05, 4.69) is 140 Å². The van der Waals surface area contributed by atoms with Crippen molar-refractivity contribution in [2.45, 2.75) is 33.1 Å². The molecule has 0 saturated carbocycles. The number of para-hydroxylation sites is 2. The van der Waals surface area contributed by atoms with Crippen molar-refractivity contribution in [2.75, 3.05) is 0 Å². The van der Waals surface area contributed by atoms with E-state index in [1.165, 1.54) is 0 Å². The number of pyridine rings is 2. The fourth-order valence-electron chi connectivity index (χ4n) is 6.86. The molecule has 5 nitrogen and oxygen atoms in total.